The Hall–Kier alpha value is -0.710. The second kappa shape index (κ2) is 4.88. The molecule has 2 aromatic rings. The van der Waals surface area contributed by atoms with E-state index in [1.165, 1.54) is 22.6 Å². The van der Waals surface area contributed by atoms with Gasteiger partial charge in [-0.1, -0.05) is 15.9 Å². The van der Waals surface area contributed by atoms with E-state index >= 15 is 0 Å². The molecule has 1 unspecified atom stereocenters. The van der Waals surface area contributed by atoms with Gasteiger partial charge in [-0.05, 0) is 49.2 Å². The predicted molar refractivity (Wildman–Crippen MR) is 73.9 cm³/mol. The molecule has 0 saturated carbocycles. The molecule has 0 spiro atoms. The first-order valence-electron chi connectivity index (χ1n) is 5.26. The van der Waals surface area contributed by atoms with Crippen molar-refractivity contribution in [3.05, 3.63) is 55.4 Å². The quantitative estimate of drug-likeness (QED) is 0.878. The normalized spacial score (nSPS) is 12.8. The third-order valence-corrected chi connectivity index (χ3v) is 4.30. The number of hydrogen-bond acceptors (Lipinski definition) is 2. The summed E-state index contributed by atoms with van der Waals surface area (Å²) < 4.78 is 14.0. The average molecular weight is 314 g/mol. The molecule has 2 rings (SSSR count). The van der Waals surface area contributed by atoms with Crippen LogP contribution in [0.2, 0.25) is 0 Å². The number of rotatable bonds is 2. The van der Waals surface area contributed by atoms with Crippen molar-refractivity contribution in [1.29, 1.82) is 0 Å². The van der Waals surface area contributed by atoms with Crippen molar-refractivity contribution in [3.63, 3.8) is 0 Å². The fourth-order valence-corrected chi connectivity index (χ4v) is 3.42. The molecule has 0 aliphatic heterocycles. The Morgan fingerprint density at radius 2 is 1.94 bits per heavy atom. The fraction of sp³-hybridized carbons (Fsp3) is 0.231. The van der Waals surface area contributed by atoms with Gasteiger partial charge in [0.15, 0.2) is 0 Å². The van der Waals surface area contributed by atoms with E-state index in [0.29, 0.717) is 4.47 Å². The van der Waals surface area contributed by atoms with Crippen LogP contribution in [0.1, 0.15) is 26.9 Å². The Bertz CT molecular complexity index is 530. The number of hydrogen-bond donors (Lipinski definition) is 1. The zero-order chi connectivity index (χ0) is 12.6. The largest absolute Gasteiger partial charge is 0.320 e. The van der Waals surface area contributed by atoms with Crippen molar-refractivity contribution in [1.82, 2.24) is 0 Å². The van der Waals surface area contributed by atoms with Gasteiger partial charge in [0.1, 0.15) is 5.82 Å². The Morgan fingerprint density at radius 3 is 2.47 bits per heavy atom. The molecule has 0 aliphatic carbocycles. The van der Waals surface area contributed by atoms with Gasteiger partial charge < -0.3 is 5.73 Å². The lowest BCUT2D eigenvalue weighted by molar-refractivity contribution is 0.623. The lowest BCUT2D eigenvalue weighted by Gasteiger charge is -2.12. The zero-order valence-electron chi connectivity index (χ0n) is 9.63. The van der Waals surface area contributed by atoms with Gasteiger partial charge in [0.2, 0.25) is 0 Å². The maximum atomic E-state index is 13.3. The Kier molecular flexibility index (Phi) is 3.66. The molecule has 17 heavy (non-hydrogen) atoms. The fourth-order valence-electron chi connectivity index (χ4n) is 1.87. The van der Waals surface area contributed by atoms with E-state index in [4.69, 9.17) is 5.73 Å². The van der Waals surface area contributed by atoms with Crippen LogP contribution in [0.15, 0.2) is 28.7 Å². The first-order valence-corrected chi connectivity index (χ1v) is 6.87. The summed E-state index contributed by atoms with van der Waals surface area (Å²) >= 11 is 4.95. The molecular formula is C13H13BrFNS. The second-order valence-electron chi connectivity index (χ2n) is 4.08. The highest BCUT2D eigenvalue weighted by Crippen LogP contribution is 2.31. The van der Waals surface area contributed by atoms with Crippen molar-refractivity contribution in [2.75, 3.05) is 0 Å². The van der Waals surface area contributed by atoms with E-state index < -0.39 is 0 Å². The molecule has 4 heteroatoms. The third kappa shape index (κ3) is 2.76. The number of aryl methyl sites for hydroxylation is 2. The van der Waals surface area contributed by atoms with Crippen molar-refractivity contribution in [2.24, 2.45) is 5.73 Å². The molecule has 1 aromatic carbocycles. The van der Waals surface area contributed by atoms with E-state index in [-0.39, 0.29) is 11.9 Å². The first kappa shape index (κ1) is 12.7. The first-order chi connectivity index (χ1) is 7.97. The van der Waals surface area contributed by atoms with Gasteiger partial charge in [0.25, 0.3) is 0 Å². The molecule has 1 nitrogen and oxygen atoms in total. The van der Waals surface area contributed by atoms with Crippen LogP contribution in [0.25, 0.3) is 0 Å². The molecule has 0 fully saturated rings. The summed E-state index contributed by atoms with van der Waals surface area (Å²) in [7, 11) is 0. The van der Waals surface area contributed by atoms with E-state index in [1.54, 1.807) is 11.3 Å². The lowest BCUT2D eigenvalue weighted by Crippen LogP contribution is -2.11. The van der Waals surface area contributed by atoms with Gasteiger partial charge in [-0.3, -0.25) is 0 Å². The number of halogens is 2. The van der Waals surface area contributed by atoms with Crippen molar-refractivity contribution >= 4 is 27.3 Å². The maximum absolute atomic E-state index is 13.3. The van der Waals surface area contributed by atoms with Gasteiger partial charge in [-0.2, -0.15) is 0 Å². The van der Waals surface area contributed by atoms with Gasteiger partial charge >= 0.3 is 0 Å². The van der Waals surface area contributed by atoms with Crippen LogP contribution in [-0.2, 0) is 0 Å². The van der Waals surface area contributed by atoms with Crippen LogP contribution in [0.4, 0.5) is 4.39 Å². The van der Waals surface area contributed by atoms with Crippen molar-refractivity contribution < 1.29 is 4.39 Å². The number of thiophene rings is 1. The second-order valence-corrected chi connectivity index (χ2v) is 6.29. The SMILES string of the molecule is Cc1cc(C)c(C(N)c2cc(F)cc(Br)c2)s1. The van der Waals surface area contributed by atoms with Crippen molar-refractivity contribution in [2.45, 2.75) is 19.9 Å². The van der Waals surface area contributed by atoms with Gasteiger partial charge in [-0.25, -0.2) is 4.39 Å². The minimum absolute atomic E-state index is 0.263. The van der Waals surface area contributed by atoms with Crippen LogP contribution in [-0.4, -0.2) is 0 Å². The lowest BCUT2D eigenvalue weighted by atomic mass is 10.0. The van der Waals surface area contributed by atoms with Crippen LogP contribution >= 0.6 is 27.3 Å². The number of benzene rings is 1. The molecule has 0 amide bonds. The van der Waals surface area contributed by atoms with Crippen LogP contribution in [0.3, 0.4) is 0 Å². The molecule has 90 valence electrons. The van der Waals surface area contributed by atoms with E-state index in [1.807, 2.05) is 13.0 Å². The molecule has 2 N–H and O–H groups in total. The third-order valence-electron chi connectivity index (χ3n) is 2.61. The Labute approximate surface area is 113 Å². The zero-order valence-corrected chi connectivity index (χ0v) is 12.0. The highest BCUT2D eigenvalue weighted by molar-refractivity contribution is 9.10. The van der Waals surface area contributed by atoms with Gasteiger partial charge in [-0.15, -0.1) is 11.3 Å². The summed E-state index contributed by atoms with van der Waals surface area (Å²) in [4.78, 5) is 2.32. The Balaban J connectivity index is 2.43. The maximum Gasteiger partial charge on any atom is 0.124 e. The summed E-state index contributed by atoms with van der Waals surface area (Å²) in [5, 5.41) is 0. The molecule has 0 saturated heterocycles. The smallest absolute Gasteiger partial charge is 0.124 e. The standard InChI is InChI=1S/C13H13BrFNS/c1-7-3-8(2)17-13(7)12(16)9-4-10(14)6-11(15)5-9/h3-6,12H,16H2,1-2H3. The van der Waals surface area contributed by atoms with E-state index in [2.05, 4.69) is 28.9 Å². The summed E-state index contributed by atoms with van der Waals surface area (Å²) in [5.41, 5.74) is 8.15. The number of nitrogens with two attached hydrogens (primary N) is 1. The molecule has 1 aromatic heterocycles. The predicted octanol–water partition coefficient (Wildman–Crippen LogP) is 4.31. The highest BCUT2D eigenvalue weighted by Gasteiger charge is 2.15. The highest BCUT2D eigenvalue weighted by atomic mass is 79.9. The molecule has 0 aliphatic rings. The van der Waals surface area contributed by atoms with Crippen molar-refractivity contribution in [3.8, 4) is 0 Å². The molecule has 0 bridgehead atoms. The van der Waals surface area contributed by atoms with E-state index in [0.717, 1.165) is 10.4 Å². The summed E-state index contributed by atoms with van der Waals surface area (Å²) in [6.07, 6.45) is 0. The van der Waals surface area contributed by atoms with Crippen LogP contribution in [0.5, 0.6) is 0 Å². The summed E-state index contributed by atoms with van der Waals surface area (Å²) in [5.74, 6) is -0.268. The molecular weight excluding hydrogens is 301 g/mol. The topological polar surface area (TPSA) is 26.0 Å². The molecule has 1 atom stereocenters. The molecule has 0 radical (unpaired) electrons. The van der Waals surface area contributed by atoms with Gasteiger partial charge in [0, 0.05) is 14.2 Å². The van der Waals surface area contributed by atoms with E-state index in [9.17, 15) is 4.39 Å². The Morgan fingerprint density at radius 1 is 1.24 bits per heavy atom. The average Bonchev–Trinajstić information content (AvgIpc) is 2.55. The van der Waals surface area contributed by atoms with Gasteiger partial charge in [0.05, 0.1) is 6.04 Å². The molecule has 1 heterocycles. The minimum Gasteiger partial charge on any atom is -0.320 e. The van der Waals surface area contributed by atoms with Crippen LogP contribution in [0, 0.1) is 19.7 Å². The summed E-state index contributed by atoms with van der Waals surface area (Å²) in [6.45, 7) is 4.09. The minimum atomic E-state index is -0.268. The summed E-state index contributed by atoms with van der Waals surface area (Å²) in [6, 6.07) is 6.63. The van der Waals surface area contributed by atoms with Crippen LogP contribution < -0.4 is 5.73 Å². The monoisotopic (exact) mass is 313 g/mol.